The number of hydrogen-bond acceptors (Lipinski definition) is 2. The van der Waals surface area contributed by atoms with Crippen LogP contribution in [0.25, 0.3) is 0 Å². The van der Waals surface area contributed by atoms with Crippen LogP contribution in [0.1, 0.15) is 50.7 Å². The summed E-state index contributed by atoms with van der Waals surface area (Å²) in [5, 5.41) is 0. The van der Waals surface area contributed by atoms with Crippen molar-refractivity contribution in [2.75, 3.05) is 13.1 Å². The van der Waals surface area contributed by atoms with Crippen LogP contribution in [0.5, 0.6) is 0 Å². The normalized spacial score (nSPS) is 12.8. The Bertz CT molecular complexity index is 337. The van der Waals surface area contributed by atoms with E-state index in [9.17, 15) is 4.79 Å². The van der Waals surface area contributed by atoms with Crippen molar-refractivity contribution in [3.63, 3.8) is 0 Å². The number of pyridine rings is 1. The lowest BCUT2D eigenvalue weighted by Crippen LogP contribution is -2.37. The number of nitrogens with zero attached hydrogens (tertiary/aromatic N) is 2. The Labute approximate surface area is 105 Å². The molecule has 0 radical (unpaired) electrons. The second-order valence-electron chi connectivity index (χ2n) is 3.15. The summed E-state index contributed by atoms with van der Waals surface area (Å²) in [7, 11) is 0. The van der Waals surface area contributed by atoms with Gasteiger partial charge in [-0.3, -0.25) is 9.78 Å². The van der Waals surface area contributed by atoms with Crippen molar-refractivity contribution in [1.82, 2.24) is 9.88 Å². The molecular weight excluding hydrogens is 212 g/mol. The van der Waals surface area contributed by atoms with Crippen molar-refractivity contribution in [2.24, 2.45) is 0 Å². The summed E-state index contributed by atoms with van der Waals surface area (Å²) in [6.07, 6.45) is 2.61. The summed E-state index contributed by atoms with van der Waals surface area (Å²) in [5.74, 6) is 0.0735. The highest BCUT2D eigenvalue weighted by Gasteiger charge is 2.23. The van der Waals surface area contributed by atoms with Gasteiger partial charge in [-0.1, -0.05) is 33.8 Å². The van der Waals surface area contributed by atoms with Gasteiger partial charge in [-0.05, 0) is 25.0 Å². The van der Waals surface area contributed by atoms with E-state index in [0.29, 0.717) is 5.69 Å². The molecule has 0 aromatic carbocycles. The third kappa shape index (κ3) is 3.84. The van der Waals surface area contributed by atoms with E-state index in [1.807, 2.05) is 51.7 Å². The molecule has 1 amide bonds. The second-order valence-corrected chi connectivity index (χ2v) is 3.15. The van der Waals surface area contributed by atoms with Crippen LogP contribution in [-0.4, -0.2) is 28.9 Å². The van der Waals surface area contributed by atoms with E-state index in [0.717, 1.165) is 25.1 Å². The van der Waals surface area contributed by atoms with Crippen LogP contribution in [-0.2, 0) is 6.42 Å². The molecule has 3 nitrogen and oxygen atoms in total. The lowest BCUT2D eigenvalue weighted by molar-refractivity contribution is 0.0742. The third-order valence-corrected chi connectivity index (χ3v) is 2.41. The number of carbonyl (C=O) groups excluding carboxylic acids is 1. The van der Waals surface area contributed by atoms with Gasteiger partial charge in [-0.25, -0.2) is 0 Å². The first-order valence-corrected chi connectivity index (χ1v) is 6.56. The molecule has 17 heavy (non-hydrogen) atoms. The predicted octanol–water partition coefficient (Wildman–Crippen LogP) is 3.15. The first kappa shape index (κ1) is 15.6. The average molecular weight is 236 g/mol. The zero-order valence-electron chi connectivity index (χ0n) is 11.7. The SMILES string of the molecule is CC.CC.CCN1CCc2cccnc2C1=O. The van der Waals surface area contributed by atoms with Crippen molar-refractivity contribution in [3.05, 3.63) is 29.6 Å². The fourth-order valence-electron chi connectivity index (χ4n) is 1.64. The van der Waals surface area contributed by atoms with Crippen LogP contribution in [0.3, 0.4) is 0 Å². The Hall–Kier alpha value is -1.38. The fourth-order valence-corrected chi connectivity index (χ4v) is 1.64. The molecule has 3 heteroatoms. The molecule has 1 aliphatic rings. The average Bonchev–Trinajstić information content (AvgIpc) is 2.44. The van der Waals surface area contributed by atoms with Crippen LogP contribution in [0, 0.1) is 0 Å². The lowest BCUT2D eigenvalue weighted by atomic mass is 10.0. The highest BCUT2D eigenvalue weighted by atomic mass is 16.2. The maximum Gasteiger partial charge on any atom is 0.272 e. The van der Waals surface area contributed by atoms with Gasteiger partial charge in [0.2, 0.25) is 0 Å². The second kappa shape index (κ2) is 8.74. The minimum atomic E-state index is 0.0735. The molecule has 0 N–H and O–H groups in total. The van der Waals surface area contributed by atoms with E-state index in [-0.39, 0.29) is 5.91 Å². The van der Waals surface area contributed by atoms with Crippen LogP contribution in [0.15, 0.2) is 18.3 Å². The Balaban J connectivity index is 0.000000581. The van der Waals surface area contributed by atoms with Gasteiger partial charge in [0.05, 0.1) is 0 Å². The molecule has 0 aliphatic carbocycles. The highest BCUT2D eigenvalue weighted by Crippen LogP contribution is 2.15. The first-order chi connectivity index (χ1) is 8.33. The molecule has 1 aliphatic heterocycles. The van der Waals surface area contributed by atoms with Gasteiger partial charge in [0, 0.05) is 19.3 Å². The Morgan fingerprint density at radius 2 is 1.94 bits per heavy atom. The molecule has 0 saturated carbocycles. The summed E-state index contributed by atoms with van der Waals surface area (Å²) < 4.78 is 0. The summed E-state index contributed by atoms with van der Waals surface area (Å²) in [5.41, 5.74) is 1.72. The summed E-state index contributed by atoms with van der Waals surface area (Å²) in [6, 6.07) is 3.86. The van der Waals surface area contributed by atoms with Crippen molar-refractivity contribution >= 4 is 5.91 Å². The fraction of sp³-hybridized carbons (Fsp3) is 0.571. The molecule has 96 valence electrons. The molecule has 2 rings (SSSR count). The lowest BCUT2D eigenvalue weighted by Gasteiger charge is -2.26. The zero-order valence-corrected chi connectivity index (χ0v) is 11.7. The van der Waals surface area contributed by atoms with Gasteiger partial charge in [-0.2, -0.15) is 0 Å². The van der Waals surface area contributed by atoms with E-state index < -0.39 is 0 Å². The molecule has 0 bridgehead atoms. The van der Waals surface area contributed by atoms with E-state index in [2.05, 4.69) is 4.98 Å². The number of amides is 1. The number of rotatable bonds is 1. The molecule has 2 heterocycles. The standard InChI is InChI=1S/C10H12N2O.2C2H6/c1-2-12-7-5-8-4-3-6-11-9(8)10(12)13;2*1-2/h3-4,6H,2,5,7H2,1H3;2*1-2H3. The molecule has 0 saturated heterocycles. The van der Waals surface area contributed by atoms with Crippen LogP contribution < -0.4 is 0 Å². The zero-order chi connectivity index (χ0) is 13.3. The van der Waals surface area contributed by atoms with Gasteiger partial charge in [0.1, 0.15) is 5.69 Å². The topological polar surface area (TPSA) is 33.2 Å². The smallest absolute Gasteiger partial charge is 0.272 e. The monoisotopic (exact) mass is 236 g/mol. The summed E-state index contributed by atoms with van der Waals surface area (Å²) >= 11 is 0. The molecule has 1 aromatic rings. The summed E-state index contributed by atoms with van der Waals surface area (Å²) in [6.45, 7) is 11.6. The number of likely N-dealkylation sites (N-methyl/N-ethyl adjacent to an activating group) is 1. The Kier molecular flexibility index (Phi) is 8.03. The number of carbonyl (C=O) groups is 1. The number of fused-ring (bicyclic) bond motifs is 1. The molecular formula is C14H24N2O. The molecule has 0 unspecified atom stereocenters. The van der Waals surface area contributed by atoms with Gasteiger partial charge >= 0.3 is 0 Å². The number of aromatic nitrogens is 1. The minimum absolute atomic E-state index is 0.0735. The van der Waals surface area contributed by atoms with Crippen LogP contribution in [0.4, 0.5) is 0 Å². The van der Waals surface area contributed by atoms with Crippen molar-refractivity contribution < 1.29 is 4.79 Å². The van der Waals surface area contributed by atoms with Crippen molar-refractivity contribution in [3.8, 4) is 0 Å². The Morgan fingerprint density at radius 3 is 2.53 bits per heavy atom. The largest absolute Gasteiger partial charge is 0.337 e. The molecule has 0 spiro atoms. The van der Waals surface area contributed by atoms with Gasteiger partial charge in [-0.15, -0.1) is 0 Å². The Morgan fingerprint density at radius 1 is 1.29 bits per heavy atom. The van der Waals surface area contributed by atoms with E-state index in [4.69, 9.17) is 0 Å². The van der Waals surface area contributed by atoms with Gasteiger partial charge in [0.15, 0.2) is 0 Å². The van der Waals surface area contributed by atoms with Crippen molar-refractivity contribution in [1.29, 1.82) is 0 Å². The quantitative estimate of drug-likeness (QED) is 0.750. The maximum absolute atomic E-state index is 11.7. The molecule has 0 atom stereocenters. The summed E-state index contributed by atoms with van der Waals surface area (Å²) in [4.78, 5) is 17.6. The van der Waals surface area contributed by atoms with E-state index >= 15 is 0 Å². The highest BCUT2D eigenvalue weighted by molar-refractivity contribution is 5.94. The van der Waals surface area contributed by atoms with Crippen molar-refractivity contribution in [2.45, 2.75) is 41.0 Å². The van der Waals surface area contributed by atoms with E-state index in [1.54, 1.807) is 6.20 Å². The first-order valence-electron chi connectivity index (χ1n) is 6.56. The minimum Gasteiger partial charge on any atom is -0.337 e. The van der Waals surface area contributed by atoms with Gasteiger partial charge in [0.25, 0.3) is 5.91 Å². The third-order valence-electron chi connectivity index (χ3n) is 2.41. The van der Waals surface area contributed by atoms with Gasteiger partial charge < -0.3 is 4.90 Å². The van der Waals surface area contributed by atoms with E-state index in [1.165, 1.54) is 0 Å². The predicted molar refractivity (Wildman–Crippen MR) is 72.2 cm³/mol. The number of hydrogen-bond donors (Lipinski definition) is 0. The van der Waals surface area contributed by atoms with Crippen LogP contribution in [0.2, 0.25) is 0 Å². The molecule has 1 aromatic heterocycles. The van der Waals surface area contributed by atoms with Crippen LogP contribution >= 0.6 is 0 Å². The molecule has 0 fully saturated rings. The maximum atomic E-state index is 11.7.